The van der Waals surface area contributed by atoms with Crippen LogP contribution in [0.15, 0.2) is 42.7 Å². The normalized spacial score (nSPS) is 9.79. The van der Waals surface area contributed by atoms with Crippen LogP contribution in [0.3, 0.4) is 0 Å². The van der Waals surface area contributed by atoms with Gasteiger partial charge in [0.1, 0.15) is 11.3 Å². The molecule has 0 saturated heterocycles. The van der Waals surface area contributed by atoms with E-state index in [0.29, 0.717) is 17.1 Å². The van der Waals surface area contributed by atoms with E-state index in [0.717, 1.165) is 5.69 Å². The van der Waals surface area contributed by atoms with Crippen LogP contribution < -0.4 is 10.1 Å². The molecule has 1 heterocycles. The third kappa shape index (κ3) is 2.82. The molecule has 0 aliphatic heterocycles. The van der Waals surface area contributed by atoms with Crippen molar-refractivity contribution in [2.24, 2.45) is 0 Å². The molecule has 2 aromatic rings. The third-order valence-electron chi connectivity index (χ3n) is 2.57. The zero-order valence-electron chi connectivity index (χ0n) is 10.7. The van der Waals surface area contributed by atoms with Gasteiger partial charge in [0.15, 0.2) is 5.75 Å². The number of benzene rings is 1. The zero-order valence-corrected chi connectivity index (χ0v) is 10.7. The molecular weight excluding hydrogens is 244 g/mol. The Hall–Kier alpha value is -2.56. The van der Waals surface area contributed by atoms with E-state index >= 15 is 0 Å². The maximum atomic E-state index is 11.6. The predicted octanol–water partition coefficient (Wildman–Crippen LogP) is 2.70. The fourth-order valence-electron chi connectivity index (χ4n) is 1.62. The average Bonchev–Trinajstić information content (AvgIpc) is 2.47. The standard InChI is InChI=1S/C14H14N2O3/c1-15-11-7-8-16-9-13(11)19-12-6-4-3-5-10(12)14(17)18-2/h3-9H,1-2H3,(H,15,16). The highest BCUT2D eigenvalue weighted by atomic mass is 16.5. The van der Waals surface area contributed by atoms with Gasteiger partial charge >= 0.3 is 5.97 Å². The SMILES string of the molecule is CNc1ccncc1Oc1ccccc1C(=O)OC. The molecule has 0 amide bonds. The highest BCUT2D eigenvalue weighted by Crippen LogP contribution is 2.30. The van der Waals surface area contributed by atoms with E-state index in [1.807, 2.05) is 0 Å². The lowest BCUT2D eigenvalue weighted by atomic mass is 10.2. The van der Waals surface area contributed by atoms with E-state index < -0.39 is 5.97 Å². The van der Waals surface area contributed by atoms with Gasteiger partial charge in [0.05, 0.1) is 19.0 Å². The molecule has 0 spiro atoms. The maximum absolute atomic E-state index is 11.6. The molecular formula is C14H14N2O3. The Morgan fingerprint density at radius 1 is 1.21 bits per heavy atom. The number of nitrogens with zero attached hydrogens (tertiary/aromatic N) is 1. The Morgan fingerprint density at radius 2 is 2.00 bits per heavy atom. The summed E-state index contributed by atoms with van der Waals surface area (Å²) < 4.78 is 10.4. The Bertz CT molecular complexity index is 584. The number of rotatable bonds is 4. The quantitative estimate of drug-likeness (QED) is 0.854. The van der Waals surface area contributed by atoms with Gasteiger partial charge in [-0.1, -0.05) is 12.1 Å². The Kier molecular flexibility index (Phi) is 3.97. The van der Waals surface area contributed by atoms with Crippen LogP contribution >= 0.6 is 0 Å². The van der Waals surface area contributed by atoms with Gasteiger partial charge in [0.2, 0.25) is 0 Å². The molecule has 0 bridgehead atoms. The van der Waals surface area contributed by atoms with Gasteiger partial charge in [0.25, 0.3) is 0 Å². The van der Waals surface area contributed by atoms with E-state index in [4.69, 9.17) is 9.47 Å². The van der Waals surface area contributed by atoms with E-state index in [9.17, 15) is 4.79 Å². The van der Waals surface area contributed by atoms with Crippen LogP contribution in [-0.4, -0.2) is 25.1 Å². The number of carbonyl (C=O) groups excluding carboxylic acids is 1. The van der Waals surface area contributed by atoms with Crippen molar-refractivity contribution in [3.8, 4) is 11.5 Å². The molecule has 0 radical (unpaired) electrons. The molecule has 1 aromatic heterocycles. The highest BCUT2D eigenvalue weighted by Gasteiger charge is 2.14. The summed E-state index contributed by atoms with van der Waals surface area (Å²) >= 11 is 0. The van der Waals surface area contributed by atoms with Crippen molar-refractivity contribution in [3.05, 3.63) is 48.3 Å². The first-order chi connectivity index (χ1) is 9.26. The number of para-hydroxylation sites is 1. The third-order valence-corrected chi connectivity index (χ3v) is 2.57. The monoisotopic (exact) mass is 258 g/mol. The second-order valence-corrected chi connectivity index (χ2v) is 3.71. The summed E-state index contributed by atoms with van der Waals surface area (Å²) in [4.78, 5) is 15.6. The van der Waals surface area contributed by atoms with Crippen LogP contribution in [-0.2, 0) is 4.74 Å². The molecule has 0 unspecified atom stereocenters. The molecule has 0 aliphatic carbocycles. The summed E-state index contributed by atoms with van der Waals surface area (Å²) in [5.74, 6) is 0.533. The van der Waals surface area contributed by atoms with E-state index in [1.54, 1.807) is 49.8 Å². The largest absolute Gasteiger partial charge is 0.465 e. The molecule has 5 nitrogen and oxygen atoms in total. The minimum atomic E-state index is -0.439. The van der Waals surface area contributed by atoms with Crippen LogP contribution in [0.25, 0.3) is 0 Å². The lowest BCUT2D eigenvalue weighted by Crippen LogP contribution is -2.04. The molecule has 0 aliphatic rings. The van der Waals surface area contributed by atoms with Crippen LogP contribution in [0.4, 0.5) is 5.69 Å². The number of esters is 1. The molecule has 1 aromatic carbocycles. The second-order valence-electron chi connectivity index (χ2n) is 3.71. The minimum absolute atomic E-state index is 0.371. The van der Waals surface area contributed by atoms with Crippen molar-refractivity contribution in [3.63, 3.8) is 0 Å². The van der Waals surface area contributed by atoms with Crippen LogP contribution in [0, 0.1) is 0 Å². The van der Waals surface area contributed by atoms with E-state index in [-0.39, 0.29) is 0 Å². The molecule has 98 valence electrons. The molecule has 2 rings (SSSR count). The fourth-order valence-corrected chi connectivity index (χ4v) is 1.62. The molecule has 5 heteroatoms. The minimum Gasteiger partial charge on any atom is -0.465 e. The number of aromatic nitrogens is 1. The first-order valence-corrected chi connectivity index (χ1v) is 5.73. The average molecular weight is 258 g/mol. The number of ether oxygens (including phenoxy) is 2. The molecule has 19 heavy (non-hydrogen) atoms. The number of hydrogen-bond acceptors (Lipinski definition) is 5. The Balaban J connectivity index is 2.36. The number of carbonyl (C=O) groups is 1. The van der Waals surface area contributed by atoms with Gasteiger partial charge in [-0.3, -0.25) is 4.98 Å². The smallest absolute Gasteiger partial charge is 0.341 e. The second kappa shape index (κ2) is 5.86. The molecule has 0 fully saturated rings. The van der Waals surface area contributed by atoms with Crippen molar-refractivity contribution < 1.29 is 14.3 Å². The molecule has 0 atom stereocenters. The summed E-state index contributed by atoms with van der Waals surface area (Å²) in [6.07, 6.45) is 3.24. The van der Waals surface area contributed by atoms with Gasteiger partial charge in [-0.25, -0.2) is 4.79 Å². The number of methoxy groups -OCH3 is 1. The fraction of sp³-hybridized carbons (Fsp3) is 0.143. The van der Waals surface area contributed by atoms with Crippen molar-refractivity contribution in [1.29, 1.82) is 0 Å². The van der Waals surface area contributed by atoms with Crippen molar-refractivity contribution in [2.75, 3.05) is 19.5 Å². The van der Waals surface area contributed by atoms with Gasteiger partial charge in [-0.2, -0.15) is 0 Å². The zero-order chi connectivity index (χ0) is 13.7. The van der Waals surface area contributed by atoms with Crippen LogP contribution in [0.1, 0.15) is 10.4 Å². The number of pyridine rings is 1. The topological polar surface area (TPSA) is 60.5 Å². The van der Waals surface area contributed by atoms with Gasteiger partial charge in [-0.05, 0) is 18.2 Å². The van der Waals surface area contributed by atoms with E-state index in [1.165, 1.54) is 7.11 Å². The number of nitrogens with one attached hydrogen (secondary N) is 1. The number of hydrogen-bond donors (Lipinski definition) is 1. The first-order valence-electron chi connectivity index (χ1n) is 5.73. The number of anilines is 1. The molecule has 1 N–H and O–H groups in total. The highest BCUT2D eigenvalue weighted by molar-refractivity contribution is 5.92. The summed E-state index contributed by atoms with van der Waals surface area (Å²) in [6, 6.07) is 8.68. The Morgan fingerprint density at radius 3 is 2.74 bits per heavy atom. The van der Waals surface area contributed by atoms with Crippen LogP contribution in [0.5, 0.6) is 11.5 Å². The van der Waals surface area contributed by atoms with Crippen molar-refractivity contribution in [1.82, 2.24) is 4.98 Å². The maximum Gasteiger partial charge on any atom is 0.341 e. The van der Waals surface area contributed by atoms with Gasteiger partial charge < -0.3 is 14.8 Å². The summed E-state index contributed by atoms with van der Waals surface area (Å²) in [6.45, 7) is 0. The lowest BCUT2D eigenvalue weighted by molar-refractivity contribution is 0.0598. The predicted molar refractivity (Wildman–Crippen MR) is 71.6 cm³/mol. The van der Waals surface area contributed by atoms with Crippen molar-refractivity contribution in [2.45, 2.75) is 0 Å². The summed E-state index contributed by atoms with van der Waals surface area (Å²) in [5.41, 5.74) is 1.16. The molecule has 0 saturated carbocycles. The van der Waals surface area contributed by atoms with E-state index in [2.05, 4.69) is 10.3 Å². The van der Waals surface area contributed by atoms with Crippen LogP contribution in [0.2, 0.25) is 0 Å². The summed E-state index contributed by atoms with van der Waals surface area (Å²) in [7, 11) is 3.12. The summed E-state index contributed by atoms with van der Waals surface area (Å²) in [5, 5.41) is 3.00. The first kappa shape index (κ1) is 12.9. The lowest BCUT2D eigenvalue weighted by Gasteiger charge is -2.12. The van der Waals surface area contributed by atoms with Gasteiger partial charge in [0, 0.05) is 13.2 Å². The van der Waals surface area contributed by atoms with Crippen molar-refractivity contribution >= 4 is 11.7 Å². The Labute approximate surface area is 111 Å². The van der Waals surface area contributed by atoms with Gasteiger partial charge in [-0.15, -0.1) is 0 Å².